The third-order valence-electron chi connectivity index (χ3n) is 2.64. The number of rotatable bonds is 4. The number of halogens is 2. The maximum absolute atomic E-state index is 13.1. The SMILES string of the molecule is O=C(O)c1ccc(Nc2ccc(F)cc2[N+](=O)[O-])c(Br)c1. The third kappa shape index (κ3) is 3.34. The molecular weight excluding hydrogens is 347 g/mol. The molecule has 0 fully saturated rings. The second kappa shape index (κ2) is 5.88. The Balaban J connectivity index is 2.39. The molecule has 0 saturated heterocycles. The number of benzene rings is 2. The maximum Gasteiger partial charge on any atom is 0.335 e. The predicted octanol–water partition coefficient (Wildman–Crippen LogP) is 3.94. The highest BCUT2D eigenvalue weighted by Crippen LogP contribution is 2.32. The van der Waals surface area contributed by atoms with E-state index in [1.165, 1.54) is 24.3 Å². The van der Waals surface area contributed by atoms with Crippen molar-refractivity contribution in [3.63, 3.8) is 0 Å². The van der Waals surface area contributed by atoms with Gasteiger partial charge >= 0.3 is 5.97 Å². The number of hydrogen-bond donors (Lipinski definition) is 2. The Kier molecular flexibility index (Phi) is 4.18. The highest BCUT2D eigenvalue weighted by Gasteiger charge is 2.16. The van der Waals surface area contributed by atoms with Crippen LogP contribution in [-0.2, 0) is 0 Å². The van der Waals surface area contributed by atoms with Crippen molar-refractivity contribution in [2.75, 3.05) is 5.32 Å². The first-order valence-corrected chi connectivity index (χ1v) is 6.41. The number of nitrogens with zero attached hydrogens (tertiary/aromatic N) is 1. The molecule has 21 heavy (non-hydrogen) atoms. The lowest BCUT2D eigenvalue weighted by Gasteiger charge is -2.09. The van der Waals surface area contributed by atoms with Crippen molar-refractivity contribution >= 4 is 39.0 Å². The molecule has 0 spiro atoms. The molecule has 0 saturated carbocycles. The van der Waals surface area contributed by atoms with Crippen LogP contribution in [0.2, 0.25) is 0 Å². The van der Waals surface area contributed by atoms with Crippen LogP contribution in [0.4, 0.5) is 21.5 Å². The summed E-state index contributed by atoms with van der Waals surface area (Å²) in [6, 6.07) is 7.31. The summed E-state index contributed by atoms with van der Waals surface area (Å²) in [4.78, 5) is 21.0. The van der Waals surface area contributed by atoms with E-state index in [0.29, 0.717) is 10.2 Å². The summed E-state index contributed by atoms with van der Waals surface area (Å²) in [5.74, 6) is -1.80. The zero-order chi connectivity index (χ0) is 15.6. The second-order valence-corrected chi connectivity index (χ2v) is 4.90. The molecule has 0 aromatic heterocycles. The standard InChI is InChI=1S/C13H8BrFN2O4/c14-9-5-7(13(18)19)1-3-10(9)16-11-4-2-8(15)6-12(11)17(20)21/h1-6,16H,(H,18,19). The molecule has 6 nitrogen and oxygen atoms in total. The van der Waals surface area contributed by atoms with Gasteiger partial charge < -0.3 is 10.4 Å². The molecule has 0 bridgehead atoms. The van der Waals surface area contributed by atoms with Gasteiger partial charge in [-0.2, -0.15) is 0 Å². The van der Waals surface area contributed by atoms with Crippen molar-refractivity contribution in [1.29, 1.82) is 0 Å². The number of carboxylic acids is 1. The summed E-state index contributed by atoms with van der Waals surface area (Å²) in [7, 11) is 0. The molecule has 8 heteroatoms. The van der Waals surface area contributed by atoms with Crippen LogP contribution in [0.25, 0.3) is 0 Å². The zero-order valence-electron chi connectivity index (χ0n) is 10.3. The Labute approximate surface area is 126 Å². The summed E-state index contributed by atoms with van der Waals surface area (Å²) < 4.78 is 13.5. The summed E-state index contributed by atoms with van der Waals surface area (Å²) in [5.41, 5.74) is 0.185. The van der Waals surface area contributed by atoms with Crippen LogP contribution in [-0.4, -0.2) is 16.0 Å². The minimum Gasteiger partial charge on any atom is -0.478 e. The molecule has 0 atom stereocenters. The fourth-order valence-electron chi connectivity index (χ4n) is 1.66. The van der Waals surface area contributed by atoms with E-state index in [1.807, 2.05) is 0 Å². The topological polar surface area (TPSA) is 92.5 Å². The average Bonchev–Trinajstić information content (AvgIpc) is 2.42. The van der Waals surface area contributed by atoms with E-state index in [4.69, 9.17) is 5.11 Å². The van der Waals surface area contributed by atoms with Gasteiger partial charge in [-0.1, -0.05) is 0 Å². The number of nitro benzene ring substituents is 1. The smallest absolute Gasteiger partial charge is 0.335 e. The van der Waals surface area contributed by atoms with Crippen molar-refractivity contribution in [1.82, 2.24) is 0 Å². The number of aromatic carboxylic acids is 1. The van der Waals surface area contributed by atoms with E-state index in [0.717, 1.165) is 12.1 Å². The Morgan fingerprint density at radius 2 is 1.90 bits per heavy atom. The minimum absolute atomic E-state index is 0.0704. The first-order chi connectivity index (χ1) is 9.88. The van der Waals surface area contributed by atoms with E-state index in [9.17, 15) is 19.3 Å². The molecule has 0 unspecified atom stereocenters. The second-order valence-electron chi connectivity index (χ2n) is 4.04. The Hall–Kier alpha value is -2.48. The number of anilines is 2. The number of nitro groups is 1. The average molecular weight is 355 g/mol. The van der Waals surface area contributed by atoms with E-state index in [1.54, 1.807) is 0 Å². The van der Waals surface area contributed by atoms with Crippen molar-refractivity contribution in [3.05, 3.63) is 62.4 Å². The van der Waals surface area contributed by atoms with Crippen molar-refractivity contribution in [2.24, 2.45) is 0 Å². The quantitative estimate of drug-likeness (QED) is 0.640. The van der Waals surface area contributed by atoms with Gasteiger partial charge in [0, 0.05) is 4.47 Å². The van der Waals surface area contributed by atoms with Crippen molar-refractivity contribution in [3.8, 4) is 0 Å². The molecule has 0 aliphatic heterocycles. The van der Waals surface area contributed by atoms with E-state index >= 15 is 0 Å². The molecule has 0 aliphatic rings. The molecule has 2 N–H and O–H groups in total. The Bertz CT molecular complexity index is 736. The van der Waals surface area contributed by atoms with Gasteiger partial charge in [-0.05, 0) is 46.3 Å². The number of hydrogen-bond acceptors (Lipinski definition) is 4. The number of nitrogens with one attached hydrogen (secondary N) is 1. The Morgan fingerprint density at radius 3 is 2.48 bits per heavy atom. The maximum atomic E-state index is 13.1. The van der Waals surface area contributed by atoms with E-state index in [2.05, 4.69) is 21.2 Å². The first kappa shape index (κ1) is 14.9. The Morgan fingerprint density at radius 1 is 1.24 bits per heavy atom. The van der Waals surface area contributed by atoms with Crippen molar-refractivity contribution < 1.29 is 19.2 Å². The highest BCUT2D eigenvalue weighted by molar-refractivity contribution is 9.10. The zero-order valence-corrected chi connectivity index (χ0v) is 11.9. The molecule has 0 amide bonds. The molecule has 0 aliphatic carbocycles. The molecule has 2 rings (SSSR count). The van der Waals surface area contributed by atoms with Crippen LogP contribution >= 0.6 is 15.9 Å². The van der Waals surface area contributed by atoms with Gasteiger partial charge in [-0.3, -0.25) is 10.1 Å². The van der Waals surface area contributed by atoms with Crippen LogP contribution < -0.4 is 5.32 Å². The van der Waals surface area contributed by atoms with Gasteiger partial charge in [0.15, 0.2) is 0 Å². The summed E-state index contributed by atoms with van der Waals surface area (Å²) in [6.07, 6.45) is 0. The van der Waals surface area contributed by atoms with Gasteiger partial charge in [0.1, 0.15) is 11.5 Å². The number of carboxylic acid groups (broad SMARTS) is 1. The van der Waals surface area contributed by atoms with Crippen LogP contribution in [0.3, 0.4) is 0 Å². The fraction of sp³-hybridized carbons (Fsp3) is 0. The highest BCUT2D eigenvalue weighted by atomic mass is 79.9. The third-order valence-corrected chi connectivity index (χ3v) is 3.30. The predicted molar refractivity (Wildman–Crippen MR) is 77.4 cm³/mol. The largest absolute Gasteiger partial charge is 0.478 e. The fourth-order valence-corrected chi connectivity index (χ4v) is 2.13. The molecular formula is C13H8BrFN2O4. The molecule has 2 aromatic carbocycles. The molecule has 0 radical (unpaired) electrons. The van der Waals surface area contributed by atoms with Crippen LogP contribution in [0.15, 0.2) is 40.9 Å². The lowest BCUT2D eigenvalue weighted by Crippen LogP contribution is -2.00. The summed E-state index contributed by atoms with van der Waals surface area (Å²) in [5, 5.41) is 22.5. The minimum atomic E-state index is -1.09. The van der Waals surface area contributed by atoms with E-state index in [-0.39, 0.29) is 11.3 Å². The molecule has 0 heterocycles. The summed E-state index contributed by atoms with van der Waals surface area (Å²) in [6.45, 7) is 0. The summed E-state index contributed by atoms with van der Waals surface area (Å²) >= 11 is 3.18. The lowest BCUT2D eigenvalue weighted by atomic mass is 10.2. The van der Waals surface area contributed by atoms with Crippen LogP contribution in [0.1, 0.15) is 10.4 Å². The van der Waals surface area contributed by atoms with Gasteiger partial charge in [0.2, 0.25) is 0 Å². The van der Waals surface area contributed by atoms with Gasteiger partial charge in [0.25, 0.3) is 5.69 Å². The van der Waals surface area contributed by atoms with Crippen molar-refractivity contribution in [2.45, 2.75) is 0 Å². The van der Waals surface area contributed by atoms with Crippen LogP contribution in [0.5, 0.6) is 0 Å². The lowest BCUT2D eigenvalue weighted by molar-refractivity contribution is -0.384. The van der Waals surface area contributed by atoms with Gasteiger partial charge in [-0.15, -0.1) is 0 Å². The van der Waals surface area contributed by atoms with Gasteiger partial charge in [-0.25, -0.2) is 9.18 Å². The van der Waals surface area contributed by atoms with E-state index < -0.39 is 22.4 Å². The normalized spacial score (nSPS) is 10.2. The number of carbonyl (C=O) groups is 1. The molecule has 2 aromatic rings. The molecule has 108 valence electrons. The first-order valence-electron chi connectivity index (χ1n) is 5.62. The monoisotopic (exact) mass is 354 g/mol. The van der Waals surface area contributed by atoms with Gasteiger partial charge in [0.05, 0.1) is 22.2 Å². The van der Waals surface area contributed by atoms with Crippen LogP contribution in [0, 0.1) is 15.9 Å².